The van der Waals surface area contributed by atoms with E-state index in [4.69, 9.17) is 9.97 Å². The molecule has 32 heavy (non-hydrogen) atoms. The minimum absolute atomic E-state index is 0.397. The zero-order chi connectivity index (χ0) is 21.5. The summed E-state index contributed by atoms with van der Waals surface area (Å²) in [6.45, 7) is 2.05. The number of benzene rings is 3. The molecule has 1 N–H and O–H groups in total. The van der Waals surface area contributed by atoms with E-state index in [1.807, 2.05) is 6.20 Å². The molecule has 1 saturated heterocycles. The molecule has 0 radical (unpaired) electrons. The van der Waals surface area contributed by atoms with Crippen molar-refractivity contribution < 1.29 is 0 Å². The lowest BCUT2D eigenvalue weighted by atomic mass is 10.0. The molecule has 0 spiro atoms. The number of imidazole rings is 1. The summed E-state index contributed by atoms with van der Waals surface area (Å²) in [6, 6.07) is 26.0. The van der Waals surface area contributed by atoms with Crippen LogP contribution in [0.25, 0.3) is 44.5 Å². The summed E-state index contributed by atoms with van der Waals surface area (Å²) >= 11 is 3.62. The van der Waals surface area contributed by atoms with Crippen molar-refractivity contribution in [3.8, 4) is 22.5 Å². The molecule has 0 aliphatic carbocycles. The highest BCUT2D eigenvalue weighted by Gasteiger charge is 2.23. The van der Waals surface area contributed by atoms with E-state index in [1.165, 1.54) is 16.3 Å². The zero-order valence-corrected chi connectivity index (χ0v) is 19.2. The zero-order valence-electron chi connectivity index (χ0n) is 17.6. The number of halogens is 1. The molecule has 0 unspecified atom stereocenters. The normalized spacial score (nSPS) is 14.9. The summed E-state index contributed by atoms with van der Waals surface area (Å²) < 4.78 is 3.42. The van der Waals surface area contributed by atoms with E-state index in [0.29, 0.717) is 6.04 Å². The van der Waals surface area contributed by atoms with Crippen LogP contribution in [0.2, 0.25) is 0 Å². The summed E-state index contributed by atoms with van der Waals surface area (Å²) in [5.74, 6) is 0.997. The standard InChI is InChI=1S/C27H23BrN4/c28-23-7-3-6-21(15-23)26-31-25-16-22(20-9-8-18-4-1-2-5-19(18)14-20)17-30-27(25)32(26)24-10-12-29-13-11-24/h1-9,14-17,24,29H,10-13H2. The first-order chi connectivity index (χ1) is 15.8. The van der Waals surface area contributed by atoms with Crippen LogP contribution < -0.4 is 5.32 Å². The molecule has 5 aromatic rings. The van der Waals surface area contributed by atoms with Crippen molar-refractivity contribution in [3.63, 3.8) is 0 Å². The van der Waals surface area contributed by atoms with Crippen LogP contribution in [0.3, 0.4) is 0 Å². The van der Waals surface area contributed by atoms with Crippen LogP contribution in [0, 0.1) is 0 Å². The summed E-state index contributed by atoms with van der Waals surface area (Å²) in [5.41, 5.74) is 5.29. The maximum absolute atomic E-state index is 5.11. The van der Waals surface area contributed by atoms with Crippen molar-refractivity contribution in [2.75, 3.05) is 13.1 Å². The molecule has 4 nitrogen and oxygen atoms in total. The quantitative estimate of drug-likeness (QED) is 0.314. The van der Waals surface area contributed by atoms with Gasteiger partial charge < -0.3 is 9.88 Å². The Hall–Kier alpha value is -3.02. The van der Waals surface area contributed by atoms with Gasteiger partial charge in [0.15, 0.2) is 5.65 Å². The van der Waals surface area contributed by atoms with Crippen LogP contribution in [0.15, 0.2) is 83.5 Å². The third-order valence-corrected chi connectivity index (χ3v) is 6.86. The van der Waals surface area contributed by atoms with Gasteiger partial charge in [0, 0.05) is 27.8 Å². The SMILES string of the molecule is Brc1cccc(-c2nc3cc(-c4ccc5ccccc5c4)cnc3n2C2CCNCC2)c1. The predicted octanol–water partition coefficient (Wildman–Crippen LogP) is 6.61. The summed E-state index contributed by atoms with van der Waals surface area (Å²) in [5, 5.41) is 5.96. The predicted molar refractivity (Wildman–Crippen MR) is 135 cm³/mol. The van der Waals surface area contributed by atoms with E-state index in [9.17, 15) is 0 Å². The van der Waals surface area contributed by atoms with E-state index in [2.05, 4.69) is 98.6 Å². The second-order valence-electron chi connectivity index (χ2n) is 8.43. The number of pyridine rings is 1. The molecule has 0 amide bonds. The number of hydrogen-bond donors (Lipinski definition) is 1. The Balaban J connectivity index is 1.52. The number of piperidine rings is 1. The van der Waals surface area contributed by atoms with E-state index in [1.54, 1.807) is 0 Å². The molecule has 1 aliphatic heterocycles. The van der Waals surface area contributed by atoms with Crippen molar-refractivity contribution in [2.24, 2.45) is 0 Å². The van der Waals surface area contributed by atoms with Gasteiger partial charge in [0.2, 0.25) is 0 Å². The van der Waals surface area contributed by atoms with E-state index in [0.717, 1.165) is 58.5 Å². The van der Waals surface area contributed by atoms with Gasteiger partial charge in [0.1, 0.15) is 11.3 Å². The van der Waals surface area contributed by atoms with Gasteiger partial charge in [0.05, 0.1) is 0 Å². The molecule has 0 atom stereocenters. The van der Waals surface area contributed by atoms with E-state index in [-0.39, 0.29) is 0 Å². The van der Waals surface area contributed by atoms with Crippen molar-refractivity contribution in [1.82, 2.24) is 19.9 Å². The lowest BCUT2D eigenvalue weighted by molar-refractivity contribution is 0.376. The van der Waals surface area contributed by atoms with E-state index >= 15 is 0 Å². The van der Waals surface area contributed by atoms with Crippen LogP contribution >= 0.6 is 15.9 Å². The first-order valence-electron chi connectivity index (χ1n) is 11.1. The van der Waals surface area contributed by atoms with Gasteiger partial charge in [-0.25, -0.2) is 9.97 Å². The van der Waals surface area contributed by atoms with Gasteiger partial charge in [-0.3, -0.25) is 0 Å². The van der Waals surface area contributed by atoms with Gasteiger partial charge in [-0.15, -0.1) is 0 Å². The largest absolute Gasteiger partial charge is 0.317 e. The van der Waals surface area contributed by atoms with Crippen molar-refractivity contribution in [3.05, 3.63) is 83.5 Å². The molecule has 3 aromatic carbocycles. The molecule has 2 aromatic heterocycles. The van der Waals surface area contributed by atoms with Crippen LogP contribution in [0.5, 0.6) is 0 Å². The molecule has 0 bridgehead atoms. The maximum atomic E-state index is 5.11. The first-order valence-corrected chi connectivity index (χ1v) is 11.9. The highest BCUT2D eigenvalue weighted by molar-refractivity contribution is 9.10. The van der Waals surface area contributed by atoms with Crippen LogP contribution in [0.4, 0.5) is 0 Å². The number of fused-ring (bicyclic) bond motifs is 2. The molecule has 1 fully saturated rings. The Morgan fingerprint density at radius 2 is 1.66 bits per heavy atom. The van der Waals surface area contributed by atoms with Gasteiger partial charge in [-0.05, 0) is 66.5 Å². The molecule has 5 heteroatoms. The van der Waals surface area contributed by atoms with E-state index < -0.39 is 0 Å². The highest BCUT2D eigenvalue weighted by Crippen LogP contribution is 2.34. The maximum Gasteiger partial charge on any atom is 0.160 e. The molecule has 158 valence electrons. The fourth-order valence-electron chi connectivity index (χ4n) is 4.75. The second-order valence-corrected chi connectivity index (χ2v) is 9.34. The van der Waals surface area contributed by atoms with Gasteiger partial charge in [0.25, 0.3) is 0 Å². The Labute approximate surface area is 195 Å². The summed E-state index contributed by atoms with van der Waals surface area (Å²) in [4.78, 5) is 10.1. The van der Waals surface area contributed by atoms with Gasteiger partial charge >= 0.3 is 0 Å². The van der Waals surface area contributed by atoms with Crippen LogP contribution in [-0.2, 0) is 0 Å². The Kier molecular flexibility index (Phi) is 5.01. The monoisotopic (exact) mass is 482 g/mol. The number of hydrogen-bond acceptors (Lipinski definition) is 3. The lowest BCUT2D eigenvalue weighted by Crippen LogP contribution is -2.29. The number of aromatic nitrogens is 3. The average molecular weight is 483 g/mol. The smallest absolute Gasteiger partial charge is 0.160 e. The summed E-state index contributed by atoms with van der Waals surface area (Å²) in [7, 11) is 0. The first kappa shape index (κ1) is 19.6. The molecular weight excluding hydrogens is 460 g/mol. The van der Waals surface area contributed by atoms with Crippen LogP contribution in [0.1, 0.15) is 18.9 Å². The summed E-state index contributed by atoms with van der Waals surface area (Å²) in [6.07, 6.45) is 4.16. The number of nitrogens with zero attached hydrogens (tertiary/aromatic N) is 3. The van der Waals surface area contributed by atoms with Crippen molar-refractivity contribution in [2.45, 2.75) is 18.9 Å². The third kappa shape index (κ3) is 3.51. The second kappa shape index (κ2) is 8.15. The molecule has 0 saturated carbocycles. The topological polar surface area (TPSA) is 42.7 Å². The molecule has 3 heterocycles. The Morgan fingerprint density at radius 1 is 0.812 bits per heavy atom. The molecular formula is C27H23BrN4. The third-order valence-electron chi connectivity index (χ3n) is 6.37. The van der Waals surface area contributed by atoms with Gasteiger partial charge in [-0.1, -0.05) is 64.5 Å². The van der Waals surface area contributed by atoms with Crippen molar-refractivity contribution in [1.29, 1.82) is 0 Å². The average Bonchev–Trinajstić information content (AvgIpc) is 3.23. The molecule has 1 aliphatic rings. The Bertz CT molecular complexity index is 1430. The molecule has 6 rings (SSSR count). The fourth-order valence-corrected chi connectivity index (χ4v) is 5.15. The highest BCUT2D eigenvalue weighted by atomic mass is 79.9. The minimum atomic E-state index is 0.397. The minimum Gasteiger partial charge on any atom is -0.317 e. The van der Waals surface area contributed by atoms with Crippen LogP contribution in [-0.4, -0.2) is 27.6 Å². The number of rotatable bonds is 3. The number of nitrogens with one attached hydrogen (secondary N) is 1. The Morgan fingerprint density at radius 3 is 2.50 bits per heavy atom. The fraction of sp³-hybridized carbons (Fsp3) is 0.185. The lowest BCUT2D eigenvalue weighted by Gasteiger charge is -2.26. The van der Waals surface area contributed by atoms with Gasteiger partial charge in [-0.2, -0.15) is 0 Å². The van der Waals surface area contributed by atoms with Crippen molar-refractivity contribution >= 4 is 37.9 Å².